The lowest BCUT2D eigenvalue weighted by Crippen LogP contribution is -2.38. The van der Waals surface area contributed by atoms with E-state index in [1.54, 1.807) is 24.3 Å². The topological polar surface area (TPSA) is 75.7 Å². The third-order valence-electron chi connectivity index (χ3n) is 4.35. The first kappa shape index (κ1) is 23.7. The number of sulfonamides is 1. The van der Waals surface area contributed by atoms with E-state index < -0.39 is 39.8 Å². The van der Waals surface area contributed by atoms with Crippen LogP contribution in [0.2, 0.25) is 0 Å². The van der Waals surface area contributed by atoms with Crippen LogP contribution < -0.4 is 14.4 Å². The van der Waals surface area contributed by atoms with Crippen LogP contribution in [0.25, 0.3) is 0 Å². The van der Waals surface area contributed by atoms with E-state index in [2.05, 4.69) is 21.2 Å². The summed E-state index contributed by atoms with van der Waals surface area (Å²) in [7, 11) is -4.18. The van der Waals surface area contributed by atoms with Crippen molar-refractivity contribution in [3.8, 4) is 5.75 Å². The first-order chi connectivity index (χ1) is 15.2. The summed E-state index contributed by atoms with van der Waals surface area (Å²) in [6.45, 7) is 1.53. The van der Waals surface area contributed by atoms with Crippen molar-refractivity contribution in [1.82, 2.24) is 0 Å². The molecular weight excluding hydrogens is 506 g/mol. The van der Waals surface area contributed by atoms with E-state index in [-0.39, 0.29) is 10.6 Å². The van der Waals surface area contributed by atoms with Crippen molar-refractivity contribution in [2.75, 3.05) is 22.8 Å². The molecule has 1 N–H and O–H groups in total. The van der Waals surface area contributed by atoms with Crippen molar-refractivity contribution < 1.29 is 26.7 Å². The summed E-state index contributed by atoms with van der Waals surface area (Å²) >= 11 is 3.25. The van der Waals surface area contributed by atoms with Crippen molar-refractivity contribution in [2.45, 2.75) is 11.8 Å². The summed E-state index contributed by atoms with van der Waals surface area (Å²) in [6, 6.07) is 15.1. The van der Waals surface area contributed by atoms with Gasteiger partial charge in [0.1, 0.15) is 29.6 Å². The fraction of sp³-hybridized carbons (Fsp3) is 0.136. The smallest absolute Gasteiger partial charge is 0.264 e. The van der Waals surface area contributed by atoms with E-state index in [1.165, 1.54) is 24.3 Å². The third kappa shape index (κ3) is 5.43. The van der Waals surface area contributed by atoms with Gasteiger partial charge in [0.2, 0.25) is 5.91 Å². The molecule has 0 spiro atoms. The molecule has 0 bridgehead atoms. The van der Waals surface area contributed by atoms with Crippen LogP contribution >= 0.6 is 15.9 Å². The number of nitrogens with one attached hydrogen (secondary N) is 1. The second-order valence-corrected chi connectivity index (χ2v) is 9.32. The molecule has 6 nitrogen and oxygen atoms in total. The molecular formula is C22H19BrF2N2O4S. The number of carbonyl (C=O) groups is 1. The SMILES string of the molecule is CCOc1ccc(N(CC(=O)Nc2c(F)cccc2F)S(=O)(=O)c2ccc(Br)cc2)cc1. The molecule has 3 rings (SSSR count). The molecule has 10 heteroatoms. The van der Waals surface area contributed by atoms with Gasteiger partial charge in [-0.05, 0) is 67.6 Å². The summed E-state index contributed by atoms with van der Waals surface area (Å²) in [5.41, 5.74) is -0.467. The fourth-order valence-electron chi connectivity index (χ4n) is 2.85. The maximum absolute atomic E-state index is 13.9. The van der Waals surface area contributed by atoms with Gasteiger partial charge < -0.3 is 10.1 Å². The number of halogens is 3. The van der Waals surface area contributed by atoms with E-state index in [0.29, 0.717) is 16.8 Å². The van der Waals surface area contributed by atoms with Gasteiger partial charge in [-0.1, -0.05) is 22.0 Å². The van der Waals surface area contributed by atoms with Crippen LogP contribution in [-0.4, -0.2) is 27.5 Å². The number of ether oxygens (including phenoxy) is 1. The molecule has 0 atom stereocenters. The van der Waals surface area contributed by atoms with Gasteiger partial charge in [-0.15, -0.1) is 0 Å². The van der Waals surface area contributed by atoms with Crippen LogP contribution in [0.1, 0.15) is 6.92 Å². The number of para-hydroxylation sites is 1. The highest BCUT2D eigenvalue weighted by Crippen LogP contribution is 2.27. The number of anilines is 2. The van der Waals surface area contributed by atoms with Gasteiger partial charge in [0, 0.05) is 4.47 Å². The van der Waals surface area contributed by atoms with Crippen LogP contribution in [-0.2, 0) is 14.8 Å². The second kappa shape index (κ2) is 10.1. The Morgan fingerprint density at radius 1 is 1.00 bits per heavy atom. The molecule has 3 aromatic carbocycles. The number of nitrogens with zero attached hydrogens (tertiary/aromatic N) is 1. The van der Waals surface area contributed by atoms with Gasteiger partial charge in [0.15, 0.2) is 0 Å². The van der Waals surface area contributed by atoms with Crippen molar-refractivity contribution >= 4 is 43.2 Å². The van der Waals surface area contributed by atoms with E-state index >= 15 is 0 Å². The molecule has 0 radical (unpaired) electrons. The Morgan fingerprint density at radius 2 is 1.59 bits per heavy atom. The predicted molar refractivity (Wildman–Crippen MR) is 121 cm³/mol. The number of benzene rings is 3. The third-order valence-corrected chi connectivity index (χ3v) is 6.67. The van der Waals surface area contributed by atoms with E-state index in [4.69, 9.17) is 4.74 Å². The second-order valence-electron chi connectivity index (χ2n) is 6.54. The quantitative estimate of drug-likeness (QED) is 0.451. The Bertz CT molecular complexity index is 1180. The summed E-state index contributed by atoms with van der Waals surface area (Å²) in [4.78, 5) is 12.6. The van der Waals surface area contributed by atoms with Gasteiger partial charge in [-0.25, -0.2) is 17.2 Å². The lowest BCUT2D eigenvalue weighted by molar-refractivity contribution is -0.114. The minimum absolute atomic E-state index is 0.0561. The molecule has 0 heterocycles. The molecule has 0 aliphatic heterocycles. The Kier molecular flexibility index (Phi) is 7.47. The lowest BCUT2D eigenvalue weighted by atomic mass is 10.3. The number of hydrogen-bond donors (Lipinski definition) is 1. The zero-order chi connectivity index (χ0) is 23.3. The number of amides is 1. The van der Waals surface area contributed by atoms with Gasteiger partial charge in [0.25, 0.3) is 10.0 Å². The number of rotatable bonds is 8. The zero-order valence-electron chi connectivity index (χ0n) is 16.9. The summed E-state index contributed by atoms with van der Waals surface area (Å²) in [5.74, 6) is -2.33. The van der Waals surface area contributed by atoms with E-state index in [0.717, 1.165) is 22.5 Å². The molecule has 0 saturated heterocycles. The van der Waals surface area contributed by atoms with Crippen molar-refractivity contribution in [3.05, 3.63) is 82.8 Å². The minimum Gasteiger partial charge on any atom is -0.494 e. The molecule has 0 saturated carbocycles. The van der Waals surface area contributed by atoms with Gasteiger partial charge >= 0.3 is 0 Å². The van der Waals surface area contributed by atoms with Crippen LogP contribution in [0.5, 0.6) is 5.75 Å². The van der Waals surface area contributed by atoms with Crippen LogP contribution in [0.15, 0.2) is 76.1 Å². The largest absolute Gasteiger partial charge is 0.494 e. The van der Waals surface area contributed by atoms with Gasteiger partial charge in [-0.2, -0.15) is 0 Å². The highest BCUT2D eigenvalue weighted by Gasteiger charge is 2.28. The zero-order valence-corrected chi connectivity index (χ0v) is 19.3. The first-order valence-corrected chi connectivity index (χ1v) is 11.7. The van der Waals surface area contributed by atoms with E-state index in [9.17, 15) is 22.0 Å². The molecule has 168 valence electrons. The Labute approximate surface area is 193 Å². The predicted octanol–water partition coefficient (Wildman–Crippen LogP) is 4.96. The average Bonchev–Trinajstić information content (AvgIpc) is 2.76. The molecule has 0 aliphatic rings. The molecule has 32 heavy (non-hydrogen) atoms. The molecule has 3 aromatic rings. The normalized spacial score (nSPS) is 11.1. The maximum Gasteiger partial charge on any atom is 0.264 e. The lowest BCUT2D eigenvalue weighted by Gasteiger charge is -2.24. The van der Waals surface area contributed by atoms with Crippen molar-refractivity contribution in [2.24, 2.45) is 0 Å². The monoisotopic (exact) mass is 524 g/mol. The Hall–Kier alpha value is -2.98. The van der Waals surface area contributed by atoms with Crippen LogP contribution in [0.4, 0.5) is 20.2 Å². The first-order valence-electron chi connectivity index (χ1n) is 9.47. The van der Waals surface area contributed by atoms with Gasteiger partial charge in [-0.3, -0.25) is 9.10 Å². The molecule has 0 fully saturated rings. The minimum atomic E-state index is -4.18. The standard InChI is InChI=1S/C22H19BrF2N2O4S/c1-2-31-17-10-8-16(9-11-17)27(32(29,30)18-12-6-15(23)7-13-18)14-21(28)26-22-19(24)4-3-5-20(22)25/h3-13H,2,14H2,1H3,(H,26,28). The van der Waals surface area contributed by atoms with Crippen LogP contribution in [0, 0.1) is 11.6 Å². The van der Waals surface area contributed by atoms with Crippen molar-refractivity contribution in [3.63, 3.8) is 0 Å². The highest BCUT2D eigenvalue weighted by atomic mass is 79.9. The fourth-order valence-corrected chi connectivity index (χ4v) is 4.54. The van der Waals surface area contributed by atoms with Crippen molar-refractivity contribution in [1.29, 1.82) is 0 Å². The number of carbonyl (C=O) groups excluding carboxylic acids is 1. The highest BCUT2D eigenvalue weighted by molar-refractivity contribution is 9.10. The van der Waals surface area contributed by atoms with Gasteiger partial charge in [0.05, 0.1) is 17.2 Å². The summed E-state index contributed by atoms with van der Waals surface area (Å²) < 4.78 is 61.4. The molecule has 0 unspecified atom stereocenters. The molecule has 1 amide bonds. The summed E-state index contributed by atoms with van der Waals surface area (Å²) in [5, 5.41) is 2.12. The Balaban J connectivity index is 1.96. The molecule has 0 aromatic heterocycles. The van der Waals surface area contributed by atoms with E-state index in [1.807, 2.05) is 6.92 Å². The maximum atomic E-state index is 13.9. The average molecular weight is 525 g/mol. The number of hydrogen-bond acceptors (Lipinski definition) is 4. The Morgan fingerprint density at radius 3 is 2.16 bits per heavy atom. The summed E-state index contributed by atoms with van der Waals surface area (Å²) in [6.07, 6.45) is 0. The van der Waals surface area contributed by atoms with Crippen LogP contribution in [0.3, 0.4) is 0 Å². The molecule has 0 aliphatic carbocycles.